The zero-order chi connectivity index (χ0) is 26.1. The summed E-state index contributed by atoms with van der Waals surface area (Å²) in [5.41, 5.74) is 4.69. The lowest BCUT2D eigenvalue weighted by atomic mass is 9.98. The number of ketones is 1. The quantitative estimate of drug-likeness (QED) is 0.297. The molecule has 0 unspecified atom stereocenters. The molecule has 3 rings (SSSR count). The summed E-state index contributed by atoms with van der Waals surface area (Å²) >= 11 is 1.59. The van der Waals surface area contributed by atoms with Gasteiger partial charge in [0.25, 0.3) is 0 Å². The Hall–Kier alpha value is -3.01. The first kappa shape index (κ1) is 27.6. The number of hydroxylamine groups is 1. The van der Waals surface area contributed by atoms with Crippen LogP contribution in [0.4, 0.5) is 0 Å². The van der Waals surface area contributed by atoms with Gasteiger partial charge < -0.3 is 14.0 Å². The van der Waals surface area contributed by atoms with E-state index in [0.717, 1.165) is 28.0 Å². The molecule has 1 aromatic carbocycles. The Kier molecular flexibility index (Phi) is 9.81. The van der Waals surface area contributed by atoms with Crippen molar-refractivity contribution in [2.75, 3.05) is 6.54 Å². The number of hydrogen-bond donors (Lipinski definition) is 1. The van der Waals surface area contributed by atoms with E-state index in [9.17, 15) is 9.59 Å². The van der Waals surface area contributed by atoms with Gasteiger partial charge in [-0.2, -0.15) is 0 Å². The van der Waals surface area contributed by atoms with Gasteiger partial charge in [0.1, 0.15) is 12.0 Å². The van der Waals surface area contributed by atoms with Crippen molar-refractivity contribution in [2.24, 2.45) is 0 Å². The molecule has 2 aromatic heterocycles. The Morgan fingerprint density at radius 3 is 2.56 bits per heavy atom. The summed E-state index contributed by atoms with van der Waals surface area (Å²) in [6.45, 7) is 10.9. The van der Waals surface area contributed by atoms with Crippen molar-refractivity contribution in [3.8, 4) is 5.75 Å². The van der Waals surface area contributed by atoms with Gasteiger partial charge >= 0.3 is 5.97 Å². The summed E-state index contributed by atoms with van der Waals surface area (Å²) in [6.07, 6.45) is 4.36. The minimum atomic E-state index is -0.899. The molecule has 0 radical (unpaired) electrons. The van der Waals surface area contributed by atoms with Crippen LogP contribution in [0.3, 0.4) is 0 Å². The van der Waals surface area contributed by atoms with E-state index in [2.05, 4.69) is 10.5 Å². The van der Waals surface area contributed by atoms with Crippen LogP contribution in [-0.4, -0.2) is 33.8 Å². The van der Waals surface area contributed by atoms with Crippen LogP contribution in [-0.2, 0) is 34.1 Å². The number of carbonyl (C=O) groups excluding carboxylic acids is 2. The van der Waals surface area contributed by atoms with Crippen molar-refractivity contribution in [3.05, 3.63) is 69.6 Å². The molecule has 9 heteroatoms. The number of aryl methyl sites for hydroxylation is 2. The van der Waals surface area contributed by atoms with Gasteiger partial charge in [0.15, 0.2) is 11.4 Å². The number of thiophene rings is 1. The van der Waals surface area contributed by atoms with E-state index in [0.29, 0.717) is 37.7 Å². The molecule has 0 aliphatic rings. The fourth-order valence-electron chi connectivity index (χ4n) is 3.90. The Morgan fingerprint density at radius 2 is 1.94 bits per heavy atom. The number of benzene rings is 1. The van der Waals surface area contributed by atoms with Gasteiger partial charge in [0.05, 0.1) is 25.8 Å². The van der Waals surface area contributed by atoms with Crippen LogP contribution in [0.1, 0.15) is 61.1 Å². The van der Waals surface area contributed by atoms with Crippen LogP contribution in [0.5, 0.6) is 5.75 Å². The van der Waals surface area contributed by atoms with Gasteiger partial charge in [-0.1, -0.05) is 25.1 Å². The molecule has 36 heavy (non-hydrogen) atoms. The van der Waals surface area contributed by atoms with Crippen LogP contribution < -0.4 is 10.2 Å². The first-order chi connectivity index (χ1) is 17.2. The average Bonchev–Trinajstić information content (AvgIpc) is 3.51. The molecule has 8 nitrogen and oxygen atoms in total. The third kappa shape index (κ3) is 8.01. The second kappa shape index (κ2) is 12.8. The smallest absolute Gasteiger partial charge is 0.338 e. The minimum absolute atomic E-state index is 0.0503. The normalized spacial score (nSPS) is 11.6. The molecule has 0 bridgehead atoms. The average molecular weight is 514 g/mol. The second-order valence-corrected chi connectivity index (χ2v) is 10.3. The summed E-state index contributed by atoms with van der Waals surface area (Å²) in [4.78, 5) is 37.5. The third-order valence-corrected chi connectivity index (χ3v) is 6.52. The minimum Gasteiger partial charge on any atom is -0.480 e. The number of nitrogens with one attached hydrogen (secondary N) is 1. The Labute approximate surface area is 216 Å². The topological polar surface area (TPSA) is 93.9 Å². The molecule has 0 spiro atoms. The number of nitrogens with zero attached hydrogens (tertiary/aromatic N) is 2. The Morgan fingerprint density at radius 1 is 1.19 bits per heavy atom. The SMILES string of the molecule is CCCC(=O)C(C)(C)Oc1c(C)cc(CN(CC(=O)ONCc2cccs2)Cc2ncco2)cc1C. The molecule has 0 saturated carbocycles. The highest BCUT2D eigenvalue weighted by Gasteiger charge is 2.30. The predicted octanol–water partition coefficient (Wildman–Crippen LogP) is 5.13. The van der Waals surface area contributed by atoms with Gasteiger partial charge in [-0.15, -0.1) is 16.8 Å². The summed E-state index contributed by atoms with van der Waals surface area (Å²) in [5.74, 6) is 0.905. The molecular weight excluding hydrogens is 478 g/mol. The number of carbonyl (C=O) groups is 2. The van der Waals surface area contributed by atoms with Crippen molar-refractivity contribution < 1.29 is 23.6 Å². The summed E-state index contributed by atoms with van der Waals surface area (Å²) in [6, 6.07) is 7.96. The van der Waals surface area contributed by atoms with Crippen molar-refractivity contribution in [1.82, 2.24) is 15.4 Å². The molecular formula is C27H35N3O5S. The zero-order valence-electron chi connectivity index (χ0n) is 21.6. The molecule has 2 heterocycles. The molecule has 0 aliphatic heterocycles. The second-order valence-electron chi connectivity index (χ2n) is 9.29. The van der Waals surface area contributed by atoms with Gasteiger partial charge in [-0.05, 0) is 62.3 Å². The van der Waals surface area contributed by atoms with Crippen LogP contribution in [0.15, 0.2) is 46.5 Å². The molecule has 0 amide bonds. The van der Waals surface area contributed by atoms with Crippen LogP contribution in [0.25, 0.3) is 0 Å². The highest BCUT2D eigenvalue weighted by molar-refractivity contribution is 7.09. The number of ether oxygens (including phenoxy) is 1. The first-order valence-electron chi connectivity index (χ1n) is 12.1. The lowest BCUT2D eigenvalue weighted by molar-refractivity contribution is -0.153. The highest BCUT2D eigenvalue weighted by Crippen LogP contribution is 2.30. The van der Waals surface area contributed by atoms with Crippen LogP contribution >= 0.6 is 11.3 Å². The molecule has 0 fully saturated rings. The lowest BCUT2D eigenvalue weighted by Gasteiger charge is -2.28. The standard InChI is InChI=1S/C27H35N3O5S/c1-6-8-23(31)27(4,5)34-26-19(2)13-21(14-20(26)3)16-30(17-24-28-10-11-33-24)18-25(32)35-29-15-22-9-7-12-36-22/h7,9-14,29H,6,8,15-18H2,1-5H3. The maximum absolute atomic E-state index is 12.5. The number of rotatable bonds is 14. The van der Waals surface area contributed by atoms with Crippen molar-refractivity contribution in [1.29, 1.82) is 0 Å². The number of hydrogen-bond acceptors (Lipinski definition) is 9. The first-order valence-corrected chi connectivity index (χ1v) is 12.9. The van der Waals surface area contributed by atoms with Crippen molar-refractivity contribution >= 4 is 23.1 Å². The molecule has 1 N–H and O–H groups in total. The molecule has 0 saturated heterocycles. The third-order valence-electron chi connectivity index (χ3n) is 5.64. The predicted molar refractivity (Wildman–Crippen MR) is 138 cm³/mol. The fourth-order valence-corrected chi connectivity index (χ4v) is 4.53. The van der Waals surface area contributed by atoms with Crippen molar-refractivity contribution in [2.45, 2.75) is 72.7 Å². The van der Waals surface area contributed by atoms with E-state index >= 15 is 0 Å². The van der Waals surface area contributed by atoms with Gasteiger partial charge in [-0.25, -0.2) is 9.78 Å². The highest BCUT2D eigenvalue weighted by atomic mass is 32.1. The maximum Gasteiger partial charge on any atom is 0.338 e. The van der Waals surface area contributed by atoms with Crippen LogP contribution in [0, 0.1) is 13.8 Å². The Balaban J connectivity index is 1.68. The van der Waals surface area contributed by atoms with Crippen molar-refractivity contribution in [3.63, 3.8) is 0 Å². The molecule has 0 atom stereocenters. The molecule has 3 aromatic rings. The monoisotopic (exact) mass is 513 g/mol. The largest absolute Gasteiger partial charge is 0.480 e. The number of oxazole rings is 1. The van der Waals surface area contributed by atoms with E-state index in [4.69, 9.17) is 14.0 Å². The Bertz CT molecular complexity index is 1100. The molecule has 194 valence electrons. The van der Waals surface area contributed by atoms with Gasteiger partial charge in [0.2, 0.25) is 5.89 Å². The van der Waals surface area contributed by atoms with Gasteiger partial charge in [-0.3, -0.25) is 9.69 Å². The lowest BCUT2D eigenvalue weighted by Crippen LogP contribution is -2.38. The van der Waals surface area contributed by atoms with E-state index < -0.39 is 11.6 Å². The number of aromatic nitrogens is 1. The number of Topliss-reactive ketones (excluding diaryl/α,β-unsaturated/α-hetero) is 1. The maximum atomic E-state index is 12.5. The summed E-state index contributed by atoms with van der Waals surface area (Å²) in [7, 11) is 0. The summed E-state index contributed by atoms with van der Waals surface area (Å²) < 4.78 is 11.6. The van der Waals surface area contributed by atoms with E-state index in [-0.39, 0.29) is 12.3 Å². The fraction of sp³-hybridized carbons (Fsp3) is 0.444. The van der Waals surface area contributed by atoms with Crippen LogP contribution in [0.2, 0.25) is 0 Å². The zero-order valence-corrected chi connectivity index (χ0v) is 22.4. The van der Waals surface area contributed by atoms with E-state index in [1.54, 1.807) is 17.5 Å². The molecule has 0 aliphatic carbocycles. The van der Waals surface area contributed by atoms with Gasteiger partial charge in [0, 0.05) is 17.8 Å². The summed E-state index contributed by atoms with van der Waals surface area (Å²) in [5, 5.41) is 1.97. The van der Waals surface area contributed by atoms with E-state index in [1.807, 2.05) is 69.2 Å². The van der Waals surface area contributed by atoms with E-state index in [1.165, 1.54) is 6.26 Å².